The van der Waals surface area contributed by atoms with E-state index >= 15 is 0 Å². The van der Waals surface area contributed by atoms with Gasteiger partial charge in [-0.05, 0) is 55.8 Å². The maximum atomic E-state index is 6.27. The number of anilines is 2. The number of aryl methyl sites for hydroxylation is 1. The Morgan fingerprint density at radius 1 is 0.767 bits per heavy atom. The number of imidazole rings is 2. The van der Waals surface area contributed by atoms with E-state index in [-0.39, 0.29) is 27.1 Å². The fourth-order valence-corrected chi connectivity index (χ4v) is 5.37. The van der Waals surface area contributed by atoms with Crippen LogP contribution in [-0.2, 0) is 41.0 Å². The van der Waals surface area contributed by atoms with Crippen LogP contribution in [-0.4, -0.2) is 25.1 Å². The van der Waals surface area contributed by atoms with Crippen LogP contribution in [0, 0.1) is 24.0 Å². The molecule has 226 valence electrons. The second kappa shape index (κ2) is 14.2. The fourth-order valence-electron chi connectivity index (χ4n) is 5.37. The molecule has 0 spiro atoms. The monoisotopic (exact) mass is 754 g/mol. The molecule has 0 saturated carbocycles. The summed E-state index contributed by atoms with van der Waals surface area (Å²) in [5, 5.41) is 0. The van der Waals surface area contributed by atoms with Gasteiger partial charge >= 0.3 is 21.1 Å². The summed E-state index contributed by atoms with van der Waals surface area (Å²) in [5.41, 5.74) is 6.59. The molecule has 0 aliphatic carbocycles. The molecule has 0 N–H and O–H groups in total. The van der Waals surface area contributed by atoms with Crippen molar-refractivity contribution in [2.45, 2.75) is 60.4 Å². The van der Waals surface area contributed by atoms with Gasteiger partial charge in [-0.25, -0.2) is 4.98 Å². The molecule has 0 aliphatic heterocycles. The first-order chi connectivity index (χ1) is 20.2. The quantitative estimate of drug-likeness (QED) is 0.127. The molecule has 5 rings (SSSR count). The van der Waals surface area contributed by atoms with Crippen molar-refractivity contribution in [1.82, 2.24) is 19.1 Å². The Kier molecular flexibility index (Phi) is 10.7. The predicted molar refractivity (Wildman–Crippen MR) is 171 cm³/mol. The summed E-state index contributed by atoms with van der Waals surface area (Å²) in [7, 11) is 1.97. The van der Waals surface area contributed by atoms with Crippen molar-refractivity contribution < 1.29 is 25.8 Å². The Labute approximate surface area is 271 Å². The topological polar surface area (TPSA) is 48.1 Å². The first-order valence-corrected chi connectivity index (χ1v) is 14.8. The Bertz CT molecular complexity index is 1610. The third kappa shape index (κ3) is 7.86. The second-order valence-electron chi connectivity index (χ2n) is 12.1. The van der Waals surface area contributed by atoms with Gasteiger partial charge in [0.1, 0.15) is 5.82 Å². The summed E-state index contributed by atoms with van der Waals surface area (Å²) in [6.45, 7) is 13.4. The van der Waals surface area contributed by atoms with Crippen LogP contribution in [0.4, 0.5) is 11.5 Å². The molecule has 0 bridgehead atoms. The molecule has 43 heavy (non-hydrogen) atoms. The van der Waals surface area contributed by atoms with Crippen LogP contribution in [0.5, 0.6) is 11.5 Å². The van der Waals surface area contributed by atoms with E-state index in [0.29, 0.717) is 23.3 Å². The maximum absolute atomic E-state index is 6.27. The van der Waals surface area contributed by atoms with Gasteiger partial charge in [0.25, 0.3) is 0 Å². The Hall–Kier alpha value is -3.63. The molecule has 3 aromatic carbocycles. The standard InChI is InChI=1S/C36H41N5O.Pt/c1-25(2)17-29-12-8-13-30(18-26(3)4)36(29)40-21-34(37-24-40)28-11-9-15-32(19-28)42-33-16-10-14-31(20-33)41(27(5)6)35-22-39(7)23-38-35;/h8-16,21-27H,17-18H2,1-7H3;/q-2;+2. The van der Waals surface area contributed by atoms with E-state index < -0.39 is 0 Å². The molecule has 6 nitrogen and oxygen atoms in total. The number of benzene rings is 3. The van der Waals surface area contributed by atoms with Crippen molar-refractivity contribution in [3.63, 3.8) is 0 Å². The second-order valence-corrected chi connectivity index (χ2v) is 12.1. The molecule has 0 radical (unpaired) electrons. The van der Waals surface area contributed by atoms with Crippen molar-refractivity contribution in [2.24, 2.45) is 18.9 Å². The molecule has 0 atom stereocenters. The van der Waals surface area contributed by atoms with Crippen molar-refractivity contribution >= 4 is 11.5 Å². The fraction of sp³-hybridized carbons (Fsp3) is 0.333. The van der Waals surface area contributed by atoms with Gasteiger partial charge in [-0.15, -0.1) is 42.0 Å². The molecule has 2 heterocycles. The minimum atomic E-state index is 0. The predicted octanol–water partition coefficient (Wildman–Crippen LogP) is 8.61. The van der Waals surface area contributed by atoms with Gasteiger partial charge in [-0.1, -0.05) is 57.6 Å². The summed E-state index contributed by atoms with van der Waals surface area (Å²) >= 11 is 0. The number of para-hydroxylation sites is 1. The normalized spacial score (nSPS) is 11.3. The third-order valence-electron chi connectivity index (χ3n) is 7.03. The van der Waals surface area contributed by atoms with Crippen molar-refractivity contribution in [3.05, 3.63) is 103 Å². The summed E-state index contributed by atoms with van der Waals surface area (Å²) in [6.07, 6.45) is 9.89. The van der Waals surface area contributed by atoms with Crippen LogP contribution in [0.15, 0.2) is 79.6 Å². The summed E-state index contributed by atoms with van der Waals surface area (Å²) < 4.78 is 10.4. The van der Waals surface area contributed by atoms with Gasteiger partial charge in [0.2, 0.25) is 0 Å². The number of hydrogen-bond acceptors (Lipinski definition) is 4. The number of rotatable bonds is 11. The zero-order chi connectivity index (χ0) is 29.8. The van der Waals surface area contributed by atoms with Crippen LogP contribution in [0.3, 0.4) is 0 Å². The molecule has 5 aromatic rings. The van der Waals surface area contributed by atoms with Gasteiger partial charge in [0, 0.05) is 36.5 Å². The first-order valence-electron chi connectivity index (χ1n) is 14.8. The van der Waals surface area contributed by atoms with Gasteiger partial charge in [-0.2, -0.15) is 6.07 Å². The van der Waals surface area contributed by atoms with E-state index in [4.69, 9.17) is 9.72 Å². The molecule has 2 aromatic heterocycles. The van der Waals surface area contributed by atoms with Gasteiger partial charge in [0.15, 0.2) is 0 Å². The number of ether oxygens (including phenoxy) is 1. The van der Waals surface area contributed by atoms with Crippen molar-refractivity contribution in [2.75, 3.05) is 4.90 Å². The third-order valence-corrected chi connectivity index (χ3v) is 7.03. The molecule has 0 amide bonds. The Balaban J connectivity index is 0.00000423. The molecule has 0 fully saturated rings. The molecular weight excluding hydrogens is 714 g/mol. The average molecular weight is 755 g/mol. The number of hydrogen-bond donors (Lipinski definition) is 0. The van der Waals surface area contributed by atoms with Gasteiger partial charge in [0.05, 0.1) is 18.3 Å². The summed E-state index contributed by atoms with van der Waals surface area (Å²) in [5.74, 6) is 3.24. The van der Waals surface area contributed by atoms with Crippen molar-refractivity contribution in [1.29, 1.82) is 0 Å². The molecule has 0 aliphatic rings. The van der Waals surface area contributed by atoms with Crippen LogP contribution in [0.2, 0.25) is 0 Å². The maximum Gasteiger partial charge on any atom is 2.00 e. The summed E-state index contributed by atoms with van der Waals surface area (Å²) in [4.78, 5) is 11.5. The Morgan fingerprint density at radius 3 is 2.00 bits per heavy atom. The van der Waals surface area contributed by atoms with E-state index in [0.717, 1.165) is 35.6 Å². The molecule has 0 saturated heterocycles. The average Bonchev–Trinajstić information content (AvgIpc) is 3.58. The molecule has 7 heteroatoms. The van der Waals surface area contributed by atoms with E-state index in [1.165, 1.54) is 16.8 Å². The Morgan fingerprint density at radius 2 is 1.40 bits per heavy atom. The zero-order valence-electron chi connectivity index (χ0n) is 26.1. The van der Waals surface area contributed by atoms with Crippen molar-refractivity contribution in [3.8, 4) is 28.4 Å². The summed E-state index contributed by atoms with van der Waals surface area (Å²) in [6, 6.07) is 25.6. The molecule has 0 unspecified atom stereocenters. The van der Waals surface area contributed by atoms with Crippen LogP contribution in [0.25, 0.3) is 16.9 Å². The largest absolute Gasteiger partial charge is 2.00 e. The van der Waals surface area contributed by atoms with E-state index in [9.17, 15) is 0 Å². The minimum Gasteiger partial charge on any atom is -0.503 e. The zero-order valence-corrected chi connectivity index (χ0v) is 28.4. The molecular formula is C36H41N5OPt. The van der Waals surface area contributed by atoms with Gasteiger partial charge in [-0.3, -0.25) is 4.98 Å². The van der Waals surface area contributed by atoms with Gasteiger partial charge < -0.3 is 18.8 Å². The smallest absolute Gasteiger partial charge is 0.503 e. The number of nitrogens with zero attached hydrogens (tertiary/aromatic N) is 5. The van der Waals surface area contributed by atoms with E-state index in [1.807, 2.05) is 60.5 Å². The van der Waals surface area contributed by atoms with E-state index in [1.54, 1.807) is 6.33 Å². The SMILES string of the molecule is CC(C)Cc1cccc(CC(C)C)c1-n1cnc(-c2[c-]c(Oc3[c-]c(N(c4cn(C)cn4)C(C)C)ccc3)ccc2)c1.[Pt+2]. The minimum absolute atomic E-state index is 0. The number of aromatic nitrogens is 4. The van der Waals surface area contributed by atoms with Crippen LogP contribution in [0.1, 0.15) is 52.7 Å². The van der Waals surface area contributed by atoms with Crippen LogP contribution < -0.4 is 9.64 Å². The first kappa shape index (κ1) is 32.3. The van der Waals surface area contributed by atoms with Crippen LogP contribution >= 0.6 is 0 Å². The van der Waals surface area contributed by atoms with E-state index in [2.05, 4.69) is 92.5 Å².